The Morgan fingerprint density at radius 1 is 0.298 bits per heavy atom. The van der Waals surface area contributed by atoms with E-state index in [2.05, 4.69) is 13.2 Å². The van der Waals surface area contributed by atoms with Gasteiger partial charge in [-0.1, -0.05) is 122 Å². The lowest BCUT2D eigenvalue weighted by Gasteiger charge is -2.19. The fourth-order valence-corrected chi connectivity index (χ4v) is 10.3. The molecule has 10 aromatic carbocycles. The van der Waals surface area contributed by atoms with E-state index in [0.717, 1.165) is 95.2 Å². The molecule has 94 heavy (non-hydrogen) atoms. The molecule has 0 aliphatic heterocycles. The van der Waals surface area contributed by atoms with E-state index in [9.17, 15) is 28.8 Å². The standard InChI is InChI=1S/C80H70O14/c1-53(2)75(81)89-51-15-7-5-13-49-87-65-39-33-63(34-40-65)77(83)91-67-43-29-57(30-44-67)55-21-25-61(26-22-55)79(85)93-71-47-37-59-17-9-11-19-69(59)73(71)74-70-20-12-10-18-60(70)38-48-72(74)94-80(86)62-27-23-56(24-28-62)58-31-45-68(46-32-58)92-78(84)64-35-41-66(42-36-64)88-50-14-6-8-16-52-90-76(82)54(3)4/h9-12,17-48H,1,3,5-8,13-16,49-52H2,2,4H3. The smallest absolute Gasteiger partial charge is 0.343 e. The van der Waals surface area contributed by atoms with E-state index in [0.29, 0.717) is 94.0 Å². The van der Waals surface area contributed by atoms with Crippen LogP contribution in [0.3, 0.4) is 0 Å². The van der Waals surface area contributed by atoms with Crippen LogP contribution < -0.4 is 28.4 Å². The monoisotopic (exact) mass is 1250 g/mol. The van der Waals surface area contributed by atoms with Crippen LogP contribution in [0.4, 0.5) is 0 Å². The van der Waals surface area contributed by atoms with Crippen molar-refractivity contribution in [1.82, 2.24) is 0 Å². The first-order chi connectivity index (χ1) is 45.7. The minimum Gasteiger partial charge on any atom is -0.494 e. The highest BCUT2D eigenvalue weighted by molar-refractivity contribution is 6.11. The van der Waals surface area contributed by atoms with E-state index in [4.69, 9.17) is 37.9 Å². The van der Waals surface area contributed by atoms with Crippen molar-refractivity contribution in [2.24, 2.45) is 0 Å². The second kappa shape index (κ2) is 32.1. The van der Waals surface area contributed by atoms with Gasteiger partial charge in [-0.05, 0) is 218 Å². The van der Waals surface area contributed by atoms with Gasteiger partial charge in [0, 0.05) is 22.3 Å². The Bertz CT molecular complexity index is 4060. The average molecular weight is 1260 g/mol. The van der Waals surface area contributed by atoms with Gasteiger partial charge < -0.3 is 37.9 Å². The van der Waals surface area contributed by atoms with Gasteiger partial charge in [0.15, 0.2) is 0 Å². The molecular weight excluding hydrogens is 1180 g/mol. The Morgan fingerprint density at radius 2 is 0.585 bits per heavy atom. The zero-order valence-corrected chi connectivity index (χ0v) is 52.4. The number of benzene rings is 10. The summed E-state index contributed by atoms with van der Waals surface area (Å²) >= 11 is 0. The van der Waals surface area contributed by atoms with Gasteiger partial charge in [0.1, 0.15) is 34.5 Å². The molecule has 0 bridgehead atoms. The molecule has 0 amide bonds. The van der Waals surface area contributed by atoms with Crippen molar-refractivity contribution < 1.29 is 66.7 Å². The molecular formula is C80H70O14. The van der Waals surface area contributed by atoms with Crippen LogP contribution >= 0.6 is 0 Å². The molecule has 14 heteroatoms. The van der Waals surface area contributed by atoms with Crippen molar-refractivity contribution in [2.45, 2.75) is 65.2 Å². The van der Waals surface area contributed by atoms with Crippen LogP contribution in [0.25, 0.3) is 54.9 Å². The molecule has 474 valence electrons. The zero-order chi connectivity index (χ0) is 65.8. The normalized spacial score (nSPS) is 10.9. The van der Waals surface area contributed by atoms with Crippen molar-refractivity contribution in [2.75, 3.05) is 26.4 Å². The maximum absolute atomic E-state index is 14.2. The zero-order valence-electron chi connectivity index (χ0n) is 52.4. The Hall–Kier alpha value is -11.4. The molecule has 0 saturated heterocycles. The molecule has 0 saturated carbocycles. The van der Waals surface area contributed by atoms with Gasteiger partial charge in [0.05, 0.1) is 48.7 Å². The van der Waals surface area contributed by atoms with Gasteiger partial charge in [-0.15, -0.1) is 0 Å². The van der Waals surface area contributed by atoms with Crippen LogP contribution in [0, 0.1) is 0 Å². The topological polar surface area (TPSA) is 176 Å². The lowest BCUT2D eigenvalue weighted by atomic mass is 9.92. The van der Waals surface area contributed by atoms with Crippen LogP contribution in [-0.2, 0) is 19.1 Å². The van der Waals surface area contributed by atoms with Crippen LogP contribution in [-0.4, -0.2) is 62.2 Å². The van der Waals surface area contributed by atoms with E-state index in [-0.39, 0.29) is 23.4 Å². The molecule has 0 aromatic heterocycles. The second-order valence-corrected chi connectivity index (χ2v) is 22.5. The first kappa shape index (κ1) is 65.6. The van der Waals surface area contributed by atoms with Crippen molar-refractivity contribution >= 4 is 57.4 Å². The fourth-order valence-electron chi connectivity index (χ4n) is 10.3. The number of carbonyl (C=O) groups is 6. The van der Waals surface area contributed by atoms with Crippen LogP contribution in [0.2, 0.25) is 0 Å². The highest BCUT2D eigenvalue weighted by Crippen LogP contribution is 2.46. The number of hydrogen-bond donors (Lipinski definition) is 0. The molecule has 0 unspecified atom stereocenters. The Morgan fingerprint density at radius 3 is 0.926 bits per heavy atom. The van der Waals surface area contributed by atoms with E-state index in [1.807, 2.05) is 109 Å². The Labute approximate surface area is 545 Å². The Kier molecular flexibility index (Phi) is 22.4. The van der Waals surface area contributed by atoms with Crippen molar-refractivity contribution in [3.05, 3.63) is 265 Å². The molecule has 10 aromatic rings. The summed E-state index contributed by atoms with van der Waals surface area (Å²) in [7, 11) is 0. The van der Waals surface area contributed by atoms with Crippen LogP contribution in [0.5, 0.6) is 34.5 Å². The van der Waals surface area contributed by atoms with Gasteiger partial charge in [-0.25, -0.2) is 28.8 Å². The summed E-state index contributed by atoms with van der Waals surface area (Å²) in [6, 6.07) is 64.6. The van der Waals surface area contributed by atoms with E-state index in [1.54, 1.807) is 123 Å². The van der Waals surface area contributed by atoms with Gasteiger partial charge >= 0.3 is 35.8 Å². The van der Waals surface area contributed by atoms with Gasteiger partial charge in [0.25, 0.3) is 0 Å². The summed E-state index contributed by atoms with van der Waals surface area (Å²) in [6.45, 7) is 12.2. The Balaban J connectivity index is 0.744. The predicted octanol–water partition coefficient (Wildman–Crippen LogP) is 18.0. The maximum Gasteiger partial charge on any atom is 0.343 e. The summed E-state index contributed by atoms with van der Waals surface area (Å²) in [5, 5.41) is 3.30. The minimum atomic E-state index is -0.599. The molecule has 0 N–H and O–H groups in total. The molecule has 0 fully saturated rings. The van der Waals surface area contributed by atoms with Crippen molar-refractivity contribution in [3.63, 3.8) is 0 Å². The third-order valence-electron chi connectivity index (χ3n) is 15.4. The number of hydrogen-bond acceptors (Lipinski definition) is 14. The highest BCUT2D eigenvalue weighted by Gasteiger charge is 2.24. The number of fused-ring (bicyclic) bond motifs is 2. The molecule has 14 nitrogen and oxygen atoms in total. The summed E-state index contributed by atoms with van der Waals surface area (Å²) in [5.74, 6) is -0.431. The molecule has 0 aliphatic rings. The number of esters is 6. The molecule has 10 rings (SSSR count). The number of unbranched alkanes of at least 4 members (excludes halogenated alkanes) is 6. The quantitative estimate of drug-likeness (QED) is 0.0187. The van der Waals surface area contributed by atoms with Crippen LogP contribution in [0.15, 0.2) is 243 Å². The van der Waals surface area contributed by atoms with Gasteiger partial charge in [-0.2, -0.15) is 0 Å². The van der Waals surface area contributed by atoms with Gasteiger partial charge in [-0.3, -0.25) is 0 Å². The fraction of sp³-hybridized carbons (Fsp3) is 0.175. The molecule has 0 aliphatic carbocycles. The molecule has 0 heterocycles. The second-order valence-electron chi connectivity index (χ2n) is 22.5. The predicted molar refractivity (Wildman–Crippen MR) is 363 cm³/mol. The van der Waals surface area contributed by atoms with Crippen molar-refractivity contribution in [3.8, 4) is 67.9 Å². The third kappa shape index (κ3) is 17.6. The lowest BCUT2D eigenvalue weighted by Crippen LogP contribution is -2.11. The van der Waals surface area contributed by atoms with E-state index < -0.39 is 23.9 Å². The van der Waals surface area contributed by atoms with E-state index in [1.165, 1.54) is 0 Å². The van der Waals surface area contributed by atoms with Gasteiger partial charge in [0.2, 0.25) is 0 Å². The number of ether oxygens (including phenoxy) is 8. The third-order valence-corrected chi connectivity index (χ3v) is 15.4. The SMILES string of the molecule is C=C(C)C(=O)OCCCCCCOc1ccc(C(=O)Oc2ccc(-c3ccc(C(=O)Oc4ccc5ccccc5c4-c4c(OC(=O)c5ccc(-c6ccc(OC(=O)c7ccc(OCCCCCCOC(=O)C(=C)C)cc7)cc6)cc5)ccc5ccccc45)cc3)cc2)cc1. The molecule has 0 atom stereocenters. The average Bonchev–Trinajstić information content (AvgIpc) is 0.758. The van der Waals surface area contributed by atoms with Crippen LogP contribution in [0.1, 0.15) is 107 Å². The summed E-state index contributed by atoms with van der Waals surface area (Å²) < 4.78 is 46.0. The van der Waals surface area contributed by atoms with Crippen molar-refractivity contribution in [1.29, 1.82) is 0 Å². The lowest BCUT2D eigenvalue weighted by molar-refractivity contribution is -0.139. The highest BCUT2D eigenvalue weighted by atomic mass is 16.6. The molecule has 0 spiro atoms. The first-order valence-electron chi connectivity index (χ1n) is 31.2. The first-order valence-corrected chi connectivity index (χ1v) is 31.2. The van der Waals surface area contributed by atoms with E-state index >= 15 is 0 Å². The largest absolute Gasteiger partial charge is 0.494 e. The maximum atomic E-state index is 14.2. The summed E-state index contributed by atoms with van der Waals surface area (Å²) in [4.78, 5) is 77.6. The number of carbonyl (C=O) groups excluding carboxylic acids is 6. The molecule has 0 radical (unpaired) electrons. The summed E-state index contributed by atoms with van der Waals surface area (Å²) in [6.07, 6.45) is 6.88. The number of rotatable bonds is 29. The summed E-state index contributed by atoms with van der Waals surface area (Å²) in [5.41, 5.74) is 6.55. The minimum absolute atomic E-state index is 0.263.